The summed E-state index contributed by atoms with van der Waals surface area (Å²) in [6.45, 7) is 0. The SMILES string of the molecule is c1ccc(-c2cccc(-c3ccccc3-c3nc(-c4cccc5c4sc4ccccc45)nc(-c4cccc5sc6ccccc6c45)n3)c2)cc1. The van der Waals surface area contributed by atoms with Crippen molar-refractivity contribution in [2.45, 2.75) is 0 Å². The number of nitrogens with zero attached hydrogens (tertiary/aromatic N) is 3. The highest BCUT2D eigenvalue weighted by Gasteiger charge is 2.20. The van der Waals surface area contributed by atoms with Gasteiger partial charge in [0.25, 0.3) is 0 Å². The first-order valence-corrected chi connectivity index (χ1v) is 18.2. The Hall–Kier alpha value is -6.01. The van der Waals surface area contributed by atoms with Crippen LogP contribution >= 0.6 is 22.7 Å². The fourth-order valence-electron chi connectivity index (χ4n) is 7.05. The van der Waals surface area contributed by atoms with Crippen LogP contribution in [0.15, 0.2) is 164 Å². The van der Waals surface area contributed by atoms with E-state index in [1.54, 1.807) is 22.7 Å². The molecule has 10 rings (SSSR count). The smallest absolute Gasteiger partial charge is 0.165 e. The molecule has 10 aromatic rings. The van der Waals surface area contributed by atoms with E-state index in [-0.39, 0.29) is 0 Å². The van der Waals surface area contributed by atoms with Crippen molar-refractivity contribution in [3.8, 4) is 56.4 Å². The predicted octanol–water partition coefficient (Wildman–Crippen LogP) is 12.9. The third-order valence-electron chi connectivity index (χ3n) is 9.37. The number of thiophene rings is 2. The average molecular weight is 674 g/mol. The topological polar surface area (TPSA) is 38.7 Å². The van der Waals surface area contributed by atoms with Crippen LogP contribution in [-0.4, -0.2) is 15.0 Å². The van der Waals surface area contributed by atoms with E-state index in [4.69, 9.17) is 15.0 Å². The molecule has 3 heterocycles. The van der Waals surface area contributed by atoms with Crippen LogP contribution in [0.1, 0.15) is 0 Å². The van der Waals surface area contributed by atoms with E-state index in [2.05, 4.69) is 164 Å². The molecule has 0 unspecified atom stereocenters. The summed E-state index contributed by atoms with van der Waals surface area (Å²) in [6.07, 6.45) is 0. The van der Waals surface area contributed by atoms with E-state index >= 15 is 0 Å². The second kappa shape index (κ2) is 11.8. The van der Waals surface area contributed by atoms with Crippen molar-refractivity contribution >= 4 is 63.0 Å². The second-order valence-electron chi connectivity index (χ2n) is 12.4. The first-order valence-electron chi connectivity index (χ1n) is 16.6. The molecule has 50 heavy (non-hydrogen) atoms. The molecule has 0 spiro atoms. The number of aromatic nitrogens is 3. The van der Waals surface area contributed by atoms with Gasteiger partial charge >= 0.3 is 0 Å². The monoisotopic (exact) mass is 673 g/mol. The Bertz CT molecular complexity index is 2890. The summed E-state index contributed by atoms with van der Waals surface area (Å²) in [7, 11) is 0. The lowest BCUT2D eigenvalue weighted by atomic mass is 9.95. The molecule has 234 valence electrons. The number of hydrogen-bond acceptors (Lipinski definition) is 5. The molecule has 0 aliphatic carbocycles. The Morgan fingerprint density at radius 1 is 0.320 bits per heavy atom. The van der Waals surface area contributed by atoms with Crippen molar-refractivity contribution in [2.75, 3.05) is 0 Å². The fraction of sp³-hybridized carbons (Fsp3) is 0. The maximum atomic E-state index is 5.31. The summed E-state index contributed by atoms with van der Waals surface area (Å²) in [5, 5.41) is 4.87. The molecule has 3 nitrogen and oxygen atoms in total. The minimum Gasteiger partial charge on any atom is -0.208 e. The minimum atomic E-state index is 0.653. The summed E-state index contributed by atoms with van der Waals surface area (Å²) < 4.78 is 4.91. The van der Waals surface area contributed by atoms with Crippen LogP contribution in [0.4, 0.5) is 0 Å². The largest absolute Gasteiger partial charge is 0.208 e. The number of fused-ring (bicyclic) bond motifs is 6. The Balaban J connectivity index is 1.24. The van der Waals surface area contributed by atoms with Crippen LogP contribution in [0.25, 0.3) is 96.8 Å². The average Bonchev–Trinajstić information content (AvgIpc) is 3.77. The predicted molar refractivity (Wildman–Crippen MR) is 213 cm³/mol. The van der Waals surface area contributed by atoms with Gasteiger partial charge in [0.1, 0.15) is 0 Å². The first-order chi connectivity index (χ1) is 24.8. The highest BCUT2D eigenvalue weighted by Crippen LogP contribution is 2.43. The van der Waals surface area contributed by atoms with Gasteiger partial charge in [0.05, 0.1) is 0 Å². The minimum absolute atomic E-state index is 0.653. The molecule has 0 fully saturated rings. The molecule has 0 amide bonds. The van der Waals surface area contributed by atoms with Gasteiger partial charge in [0.15, 0.2) is 17.5 Å². The molecule has 0 atom stereocenters. The van der Waals surface area contributed by atoms with Gasteiger partial charge < -0.3 is 0 Å². The summed E-state index contributed by atoms with van der Waals surface area (Å²) in [5.41, 5.74) is 7.53. The Morgan fingerprint density at radius 2 is 0.840 bits per heavy atom. The van der Waals surface area contributed by atoms with Gasteiger partial charge in [-0.15, -0.1) is 22.7 Å². The maximum Gasteiger partial charge on any atom is 0.165 e. The van der Waals surface area contributed by atoms with Crippen LogP contribution in [0, 0.1) is 0 Å². The van der Waals surface area contributed by atoms with Crippen LogP contribution < -0.4 is 0 Å². The lowest BCUT2D eigenvalue weighted by Gasteiger charge is -2.13. The van der Waals surface area contributed by atoms with Gasteiger partial charge in [-0.2, -0.15) is 0 Å². The van der Waals surface area contributed by atoms with E-state index in [9.17, 15) is 0 Å². The molecule has 0 N–H and O–H groups in total. The lowest BCUT2D eigenvalue weighted by molar-refractivity contribution is 1.08. The molecular weight excluding hydrogens is 647 g/mol. The van der Waals surface area contributed by atoms with E-state index in [0.29, 0.717) is 17.5 Å². The molecule has 5 heteroatoms. The van der Waals surface area contributed by atoms with Gasteiger partial charge in [0, 0.05) is 57.0 Å². The van der Waals surface area contributed by atoms with Crippen molar-refractivity contribution in [1.82, 2.24) is 15.0 Å². The quantitative estimate of drug-likeness (QED) is 0.182. The second-order valence-corrected chi connectivity index (χ2v) is 14.5. The Morgan fingerprint density at radius 3 is 1.68 bits per heavy atom. The number of hydrogen-bond donors (Lipinski definition) is 0. The zero-order valence-electron chi connectivity index (χ0n) is 26.7. The van der Waals surface area contributed by atoms with Crippen LogP contribution in [-0.2, 0) is 0 Å². The molecule has 0 aliphatic rings. The summed E-state index contributed by atoms with van der Waals surface area (Å²) in [6, 6.07) is 57.8. The van der Waals surface area contributed by atoms with Gasteiger partial charge in [-0.1, -0.05) is 133 Å². The van der Waals surface area contributed by atoms with Gasteiger partial charge in [-0.3, -0.25) is 0 Å². The van der Waals surface area contributed by atoms with Crippen molar-refractivity contribution in [1.29, 1.82) is 0 Å². The summed E-state index contributed by atoms with van der Waals surface area (Å²) in [5.74, 6) is 2.00. The normalized spacial score (nSPS) is 11.6. The van der Waals surface area contributed by atoms with Crippen LogP contribution in [0.5, 0.6) is 0 Å². The number of rotatable bonds is 5. The van der Waals surface area contributed by atoms with E-state index in [1.807, 2.05) is 0 Å². The van der Waals surface area contributed by atoms with E-state index in [0.717, 1.165) is 27.8 Å². The zero-order chi connectivity index (χ0) is 33.0. The van der Waals surface area contributed by atoms with Gasteiger partial charge in [-0.25, -0.2) is 15.0 Å². The highest BCUT2D eigenvalue weighted by molar-refractivity contribution is 7.26. The van der Waals surface area contributed by atoms with Gasteiger partial charge in [0.2, 0.25) is 0 Å². The van der Waals surface area contributed by atoms with Crippen molar-refractivity contribution in [3.05, 3.63) is 164 Å². The fourth-order valence-corrected chi connectivity index (χ4v) is 9.39. The Labute approximate surface area is 296 Å². The van der Waals surface area contributed by atoms with Gasteiger partial charge in [-0.05, 0) is 52.6 Å². The Kier molecular flexibility index (Phi) is 6.86. The molecule has 0 aliphatic heterocycles. The zero-order valence-corrected chi connectivity index (χ0v) is 28.4. The molecule has 3 aromatic heterocycles. The molecule has 0 saturated heterocycles. The molecule has 7 aromatic carbocycles. The summed E-state index contributed by atoms with van der Waals surface area (Å²) in [4.78, 5) is 15.9. The molecule has 0 radical (unpaired) electrons. The first kappa shape index (κ1) is 29.0. The van der Waals surface area contributed by atoms with E-state index < -0.39 is 0 Å². The molecule has 0 bridgehead atoms. The van der Waals surface area contributed by atoms with Crippen LogP contribution in [0.2, 0.25) is 0 Å². The standard InChI is InChI=1S/C45H27N3S2/c1-2-13-28(14-3-1)29-15-10-16-30(27-29)31-17-4-5-19-34(31)43-46-44(36-22-12-26-40-41(36)35-20-7-9-25-39(35)49-40)48-45(47-43)37-23-11-21-33-32-18-6-8-24-38(32)50-42(33)37/h1-27H. The maximum absolute atomic E-state index is 5.31. The third-order valence-corrected chi connectivity index (χ3v) is 11.7. The number of benzene rings is 7. The van der Waals surface area contributed by atoms with E-state index in [1.165, 1.54) is 51.5 Å². The summed E-state index contributed by atoms with van der Waals surface area (Å²) >= 11 is 3.60. The third kappa shape index (κ3) is 4.82. The molecule has 0 saturated carbocycles. The van der Waals surface area contributed by atoms with Crippen molar-refractivity contribution in [2.24, 2.45) is 0 Å². The van der Waals surface area contributed by atoms with Crippen LogP contribution in [0.3, 0.4) is 0 Å². The van der Waals surface area contributed by atoms with Crippen molar-refractivity contribution in [3.63, 3.8) is 0 Å². The highest BCUT2D eigenvalue weighted by atomic mass is 32.1. The molecular formula is C45H27N3S2. The van der Waals surface area contributed by atoms with Crippen molar-refractivity contribution < 1.29 is 0 Å². The lowest BCUT2D eigenvalue weighted by Crippen LogP contribution is -2.01.